The Balaban J connectivity index is 1.45. The molecule has 0 atom stereocenters. The number of aromatic amines is 1. The minimum Gasteiger partial charge on any atom is -0.348 e. The molecule has 7 heteroatoms. The van der Waals surface area contributed by atoms with E-state index in [1.165, 1.54) is 6.20 Å². The van der Waals surface area contributed by atoms with Gasteiger partial charge in [0.2, 0.25) is 0 Å². The Labute approximate surface area is 190 Å². The first kappa shape index (κ1) is 21.3. The van der Waals surface area contributed by atoms with E-state index in [0.29, 0.717) is 28.4 Å². The topological polar surface area (TPSA) is 78.1 Å². The predicted molar refractivity (Wildman–Crippen MR) is 126 cm³/mol. The van der Waals surface area contributed by atoms with Gasteiger partial charge in [-0.05, 0) is 35.9 Å². The molecule has 0 unspecified atom stereocenters. The van der Waals surface area contributed by atoms with Gasteiger partial charge in [-0.15, -0.1) is 0 Å². The number of aromatic nitrogens is 2. The minimum atomic E-state index is -0.193. The average molecular weight is 445 g/mol. The molecule has 3 aromatic carbocycles. The molecule has 0 aliphatic heterocycles. The van der Waals surface area contributed by atoms with E-state index in [-0.39, 0.29) is 11.8 Å². The molecule has 0 saturated carbocycles. The van der Waals surface area contributed by atoms with Crippen molar-refractivity contribution in [1.29, 1.82) is 0 Å². The summed E-state index contributed by atoms with van der Waals surface area (Å²) >= 11 is 5.95. The minimum absolute atomic E-state index is 0.155. The molecule has 2 amide bonds. The number of amides is 2. The number of para-hydroxylation sites is 1. The second-order valence-corrected chi connectivity index (χ2v) is 7.68. The highest BCUT2D eigenvalue weighted by atomic mass is 35.5. The normalized spacial score (nSPS) is 10.6. The van der Waals surface area contributed by atoms with Gasteiger partial charge in [-0.3, -0.25) is 14.7 Å². The van der Waals surface area contributed by atoms with Crippen molar-refractivity contribution in [3.63, 3.8) is 0 Å². The molecule has 6 nitrogen and oxygen atoms in total. The van der Waals surface area contributed by atoms with E-state index in [1.54, 1.807) is 36.2 Å². The number of anilines is 1. The van der Waals surface area contributed by atoms with Crippen molar-refractivity contribution in [2.75, 3.05) is 11.9 Å². The smallest absolute Gasteiger partial charge is 0.261 e. The lowest BCUT2D eigenvalue weighted by Crippen LogP contribution is -2.26. The van der Waals surface area contributed by atoms with Gasteiger partial charge in [0.05, 0.1) is 17.5 Å². The zero-order chi connectivity index (χ0) is 22.5. The maximum Gasteiger partial charge on any atom is 0.261 e. The first-order valence-corrected chi connectivity index (χ1v) is 10.4. The van der Waals surface area contributed by atoms with Crippen molar-refractivity contribution in [2.24, 2.45) is 0 Å². The van der Waals surface area contributed by atoms with Crippen LogP contribution in [-0.4, -0.2) is 29.1 Å². The van der Waals surface area contributed by atoms with Crippen LogP contribution in [0.25, 0.3) is 11.3 Å². The number of hydrogen-bond donors (Lipinski definition) is 2. The van der Waals surface area contributed by atoms with Gasteiger partial charge in [0.25, 0.3) is 11.8 Å². The van der Waals surface area contributed by atoms with E-state index in [9.17, 15) is 9.59 Å². The summed E-state index contributed by atoms with van der Waals surface area (Å²) in [6.45, 7) is 0.372. The molecule has 2 N–H and O–H groups in total. The van der Waals surface area contributed by atoms with Crippen molar-refractivity contribution in [3.8, 4) is 11.3 Å². The molecule has 1 heterocycles. The highest BCUT2D eigenvalue weighted by molar-refractivity contribution is 6.30. The summed E-state index contributed by atoms with van der Waals surface area (Å²) < 4.78 is 0. The number of nitrogens with zero attached hydrogens (tertiary/aromatic N) is 2. The van der Waals surface area contributed by atoms with Crippen LogP contribution in [0.5, 0.6) is 0 Å². The fraction of sp³-hybridized carbons (Fsp3) is 0.0800. The fourth-order valence-corrected chi connectivity index (χ4v) is 3.51. The number of rotatable bonds is 6. The number of nitrogens with one attached hydrogen (secondary N) is 2. The van der Waals surface area contributed by atoms with E-state index < -0.39 is 0 Å². The maximum absolute atomic E-state index is 13.0. The van der Waals surface area contributed by atoms with Crippen LogP contribution in [0, 0.1) is 0 Å². The Morgan fingerprint density at radius 1 is 1.00 bits per heavy atom. The van der Waals surface area contributed by atoms with E-state index in [0.717, 1.165) is 16.8 Å². The van der Waals surface area contributed by atoms with E-state index in [1.807, 2.05) is 54.6 Å². The molecule has 4 aromatic rings. The summed E-state index contributed by atoms with van der Waals surface area (Å²) in [5.41, 5.74) is 4.20. The third-order valence-electron chi connectivity index (χ3n) is 5.10. The largest absolute Gasteiger partial charge is 0.348 e. The summed E-state index contributed by atoms with van der Waals surface area (Å²) in [6, 6.07) is 23.9. The standard InChI is InChI=1S/C25H21ClN4O2/c1-30(21-8-3-2-4-9-21)25(32)22-16-28-29-23(22)18-12-10-17(11-13-18)15-27-24(31)19-6-5-7-20(26)14-19/h2-14,16H,15H2,1H3,(H,27,31)(H,28,29). The van der Waals surface area contributed by atoms with Gasteiger partial charge < -0.3 is 10.2 Å². The summed E-state index contributed by atoms with van der Waals surface area (Å²) in [5, 5.41) is 10.4. The van der Waals surface area contributed by atoms with Crippen molar-refractivity contribution in [1.82, 2.24) is 15.5 Å². The Morgan fingerprint density at radius 2 is 1.75 bits per heavy atom. The van der Waals surface area contributed by atoms with E-state index in [4.69, 9.17) is 11.6 Å². The number of carbonyl (C=O) groups is 2. The molecule has 1 aromatic heterocycles. The number of H-pyrrole nitrogens is 1. The monoisotopic (exact) mass is 444 g/mol. The van der Waals surface area contributed by atoms with Crippen molar-refractivity contribution in [2.45, 2.75) is 6.54 Å². The molecule has 0 saturated heterocycles. The average Bonchev–Trinajstić information content (AvgIpc) is 3.32. The van der Waals surface area contributed by atoms with Crippen LogP contribution in [-0.2, 0) is 6.54 Å². The zero-order valence-electron chi connectivity index (χ0n) is 17.4. The maximum atomic E-state index is 13.0. The third kappa shape index (κ3) is 4.71. The Hall–Kier alpha value is -3.90. The SMILES string of the molecule is CN(C(=O)c1cn[nH]c1-c1ccc(CNC(=O)c2cccc(Cl)c2)cc1)c1ccccc1. The van der Waals surface area contributed by atoms with Gasteiger partial charge >= 0.3 is 0 Å². The van der Waals surface area contributed by atoms with Crippen LogP contribution in [0.15, 0.2) is 85.1 Å². The molecular weight excluding hydrogens is 424 g/mol. The predicted octanol–water partition coefficient (Wildman–Crippen LogP) is 4.94. The van der Waals surface area contributed by atoms with Gasteiger partial charge in [-0.25, -0.2) is 0 Å². The van der Waals surface area contributed by atoms with Crippen LogP contribution >= 0.6 is 11.6 Å². The molecule has 0 aliphatic rings. The number of hydrogen-bond acceptors (Lipinski definition) is 3. The van der Waals surface area contributed by atoms with Crippen LogP contribution in [0.4, 0.5) is 5.69 Å². The lowest BCUT2D eigenvalue weighted by molar-refractivity contribution is 0.0949. The van der Waals surface area contributed by atoms with Crippen LogP contribution in [0.1, 0.15) is 26.3 Å². The molecular formula is C25H21ClN4O2. The van der Waals surface area contributed by atoms with Gasteiger partial charge in [0.1, 0.15) is 0 Å². The van der Waals surface area contributed by atoms with Crippen LogP contribution < -0.4 is 10.2 Å². The van der Waals surface area contributed by atoms with Crippen molar-refractivity contribution >= 4 is 29.1 Å². The quantitative estimate of drug-likeness (QED) is 0.442. The van der Waals surface area contributed by atoms with Gasteiger partial charge in [0.15, 0.2) is 0 Å². The highest BCUT2D eigenvalue weighted by Crippen LogP contribution is 2.24. The molecule has 0 bridgehead atoms. The molecule has 160 valence electrons. The van der Waals surface area contributed by atoms with Crippen molar-refractivity contribution in [3.05, 3.63) is 107 Å². The number of benzene rings is 3. The Morgan fingerprint density at radius 3 is 2.47 bits per heavy atom. The fourth-order valence-electron chi connectivity index (χ4n) is 3.32. The van der Waals surface area contributed by atoms with Gasteiger partial charge in [-0.2, -0.15) is 5.10 Å². The summed E-state index contributed by atoms with van der Waals surface area (Å²) in [4.78, 5) is 26.9. The highest BCUT2D eigenvalue weighted by Gasteiger charge is 2.20. The van der Waals surface area contributed by atoms with Gasteiger partial charge in [-0.1, -0.05) is 60.1 Å². The lowest BCUT2D eigenvalue weighted by Gasteiger charge is -2.17. The molecule has 0 fully saturated rings. The van der Waals surface area contributed by atoms with Crippen molar-refractivity contribution < 1.29 is 9.59 Å². The van der Waals surface area contributed by atoms with Gasteiger partial charge in [0, 0.05) is 35.4 Å². The molecule has 32 heavy (non-hydrogen) atoms. The molecule has 4 rings (SSSR count). The van der Waals surface area contributed by atoms with E-state index >= 15 is 0 Å². The molecule has 0 radical (unpaired) electrons. The first-order chi connectivity index (χ1) is 15.5. The Bertz CT molecular complexity index is 1240. The zero-order valence-corrected chi connectivity index (χ0v) is 18.1. The van der Waals surface area contributed by atoms with Crippen LogP contribution in [0.3, 0.4) is 0 Å². The summed E-state index contributed by atoms with van der Waals surface area (Å²) in [5.74, 6) is -0.347. The Kier molecular flexibility index (Phi) is 6.33. The molecule has 0 spiro atoms. The van der Waals surface area contributed by atoms with E-state index in [2.05, 4.69) is 15.5 Å². The first-order valence-electron chi connectivity index (χ1n) is 10.0. The summed E-state index contributed by atoms with van der Waals surface area (Å²) in [6.07, 6.45) is 1.54. The number of halogens is 1. The summed E-state index contributed by atoms with van der Waals surface area (Å²) in [7, 11) is 1.74. The lowest BCUT2D eigenvalue weighted by atomic mass is 10.0. The third-order valence-corrected chi connectivity index (χ3v) is 5.34. The van der Waals surface area contributed by atoms with Crippen LogP contribution in [0.2, 0.25) is 5.02 Å². The number of carbonyl (C=O) groups excluding carboxylic acids is 2. The second-order valence-electron chi connectivity index (χ2n) is 7.25. The second kappa shape index (κ2) is 9.49. The molecule has 0 aliphatic carbocycles.